The minimum absolute atomic E-state index is 0.376. The lowest BCUT2D eigenvalue weighted by molar-refractivity contribution is -0.0616. The first-order chi connectivity index (χ1) is 9.88. The lowest BCUT2D eigenvalue weighted by Crippen LogP contribution is -2.51. The molecule has 3 rings (SSSR count). The van der Waals surface area contributed by atoms with Crippen LogP contribution in [-0.2, 0) is 16.0 Å². The van der Waals surface area contributed by atoms with Crippen LogP contribution in [0.1, 0.15) is 25.1 Å². The molecular formula is C15H23N3O2. The molecule has 2 aliphatic rings. The van der Waals surface area contributed by atoms with Crippen LogP contribution in [-0.4, -0.2) is 53.9 Å². The second-order valence-corrected chi connectivity index (χ2v) is 5.65. The van der Waals surface area contributed by atoms with Crippen molar-refractivity contribution in [3.8, 4) is 0 Å². The molecule has 1 aliphatic heterocycles. The maximum absolute atomic E-state index is 5.72. The SMILES string of the molecule is CO[C@@H]1CCC[C@@H]1[C@@H]1COCCN1Cc1ncccn1. The average molecular weight is 277 g/mol. The van der Waals surface area contributed by atoms with Crippen LogP contribution in [0.25, 0.3) is 0 Å². The predicted molar refractivity (Wildman–Crippen MR) is 75.2 cm³/mol. The van der Waals surface area contributed by atoms with Crippen LogP contribution in [0.15, 0.2) is 18.5 Å². The molecule has 0 radical (unpaired) electrons. The van der Waals surface area contributed by atoms with Gasteiger partial charge < -0.3 is 9.47 Å². The summed E-state index contributed by atoms with van der Waals surface area (Å²) < 4.78 is 11.4. The second-order valence-electron chi connectivity index (χ2n) is 5.65. The molecule has 2 heterocycles. The number of methoxy groups -OCH3 is 1. The summed E-state index contributed by atoms with van der Waals surface area (Å²) in [5, 5.41) is 0. The molecule has 110 valence electrons. The van der Waals surface area contributed by atoms with Crippen LogP contribution >= 0.6 is 0 Å². The maximum atomic E-state index is 5.72. The smallest absolute Gasteiger partial charge is 0.142 e. The van der Waals surface area contributed by atoms with Gasteiger partial charge in [0.05, 0.1) is 25.9 Å². The quantitative estimate of drug-likeness (QED) is 0.834. The Morgan fingerprint density at radius 2 is 2.20 bits per heavy atom. The minimum atomic E-state index is 0.376. The molecule has 1 saturated carbocycles. The van der Waals surface area contributed by atoms with Crippen molar-refractivity contribution in [3.05, 3.63) is 24.3 Å². The third kappa shape index (κ3) is 3.00. The van der Waals surface area contributed by atoms with E-state index in [-0.39, 0.29) is 0 Å². The predicted octanol–water partition coefficient (Wildman–Crippen LogP) is 1.49. The van der Waals surface area contributed by atoms with Crippen molar-refractivity contribution in [2.45, 2.75) is 38.0 Å². The molecule has 0 spiro atoms. The summed E-state index contributed by atoms with van der Waals surface area (Å²) in [5.74, 6) is 1.47. The molecule has 1 saturated heterocycles. The fourth-order valence-electron chi connectivity index (χ4n) is 3.53. The average Bonchev–Trinajstić information content (AvgIpc) is 2.97. The van der Waals surface area contributed by atoms with E-state index >= 15 is 0 Å². The Morgan fingerprint density at radius 3 is 3.00 bits per heavy atom. The molecule has 20 heavy (non-hydrogen) atoms. The summed E-state index contributed by atoms with van der Waals surface area (Å²) in [4.78, 5) is 11.2. The summed E-state index contributed by atoms with van der Waals surface area (Å²) in [5.41, 5.74) is 0. The fraction of sp³-hybridized carbons (Fsp3) is 0.733. The van der Waals surface area contributed by atoms with Crippen LogP contribution < -0.4 is 0 Å². The monoisotopic (exact) mass is 277 g/mol. The molecule has 2 fully saturated rings. The zero-order valence-electron chi connectivity index (χ0n) is 12.1. The van der Waals surface area contributed by atoms with Gasteiger partial charge in [0.2, 0.25) is 0 Å². The highest BCUT2D eigenvalue weighted by atomic mass is 16.5. The van der Waals surface area contributed by atoms with Crippen LogP contribution in [0.5, 0.6) is 0 Å². The van der Waals surface area contributed by atoms with Crippen molar-refractivity contribution in [1.29, 1.82) is 0 Å². The maximum Gasteiger partial charge on any atom is 0.142 e. The minimum Gasteiger partial charge on any atom is -0.381 e. The molecule has 0 N–H and O–H groups in total. The topological polar surface area (TPSA) is 47.5 Å². The Bertz CT molecular complexity index is 415. The second kappa shape index (κ2) is 6.61. The number of rotatable bonds is 4. The van der Waals surface area contributed by atoms with Gasteiger partial charge in [0.1, 0.15) is 5.82 Å². The highest BCUT2D eigenvalue weighted by Gasteiger charge is 2.38. The van der Waals surface area contributed by atoms with Gasteiger partial charge in [-0.3, -0.25) is 4.90 Å². The largest absolute Gasteiger partial charge is 0.381 e. The van der Waals surface area contributed by atoms with Gasteiger partial charge in [0, 0.05) is 38.0 Å². The fourth-order valence-corrected chi connectivity index (χ4v) is 3.53. The van der Waals surface area contributed by atoms with Crippen LogP contribution in [0.3, 0.4) is 0 Å². The molecule has 5 heteroatoms. The number of hydrogen-bond donors (Lipinski definition) is 0. The molecule has 5 nitrogen and oxygen atoms in total. The van der Waals surface area contributed by atoms with E-state index in [1.54, 1.807) is 0 Å². The van der Waals surface area contributed by atoms with Gasteiger partial charge in [0.15, 0.2) is 0 Å². The third-order valence-corrected chi connectivity index (χ3v) is 4.54. The van der Waals surface area contributed by atoms with Gasteiger partial charge in [-0.1, -0.05) is 6.42 Å². The van der Waals surface area contributed by atoms with E-state index < -0.39 is 0 Å². The third-order valence-electron chi connectivity index (χ3n) is 4.54. The molecular weight excluding hydrogens is 254 g/mol. The first-order valence-electron chi connectivity index (χ1n) is 7.49. The van der Waals surface area contributed by atoms with Crippen molar-refractivity contribution in [3.63, 3.8) is 0 Å². The van der Waals surface area contributed by atoms with Crippen molar-refractivity contribution >= 4 is 0 Å². The molecule has 0 aromatic carbocycles. The molecule has 1 aromatic heterocycles. The summed E-state index contributed by atoms with van der Waals surface area (Å²) in [6, 6.07) is 2.29. The van der Waals surface area contributed by atoms with E-state index in [0.29, 0.717) is 18.1 Å². The highest BCUT2D eigenvalue weighted by Crippen LogP contribution is 2.34. The Balaban J connectivity index is 1.70. The van der Waals surface area contributed by atoms with Crippen LogP contribution in [0, 0.1) is 5.92 Å². The molecule has 1 aliphatic carbocycles. The van der Waals surface area contributed by atoms with E-state index in [1.807, 2.05) is 25.6 Å². The van der Waals surface area contributed by atoms with Gasteiger partial charge in [-0.25, -0.2) is 9.97 Å². The molecule has 0 bridgehead atoms. The van der Waals surface area contributed by atoms with Crippen molar-refractivity contribution in [2.75, 3.05) is 26.9 Å². The number of ether oxygens (including phenoxy) is 2. The summed E-state index contributed by atoms with van der Waals surface area (Å²) in [6.07, 6.45) is 7.67. The van der Waals surface area contributed by atoms with Crippen molar-refractivity contribution < 1.29 is 9.47 Å². The van der Waals surface area contributed by atoms with E-state index in [1.165, 1.54) is 19.3 Å². The van der Waals surface area contributed by atoms with Gasteiger partial charge in [-0.05, 0) is 18.9 Å². The number of nitrogens with zero attached hydrogens (tertiary/aromatic N) is 3. The van der Waals surface area contributed by atoms with Gasteiger partial charge in [0.25, 0.3) is 0 Å². The van der Waals surface area contributed by atoms with E-state index in [9.17, 15) is 0 Å². The lowest BCUT2D eigenvalue weighted by Gasteiger charge is -2.40. The Hall–Kier alpha value is -1.04. The molecule has 1 aromatic rings. The Labute approximate surface area is 120 Å². The van der Waals surface area contributed by atoms with E-state index in [4.69, 9.17) is 9.47 Å². The van der Waals surface area contributed by atoms with Crippen molar-refractivity contribution in [2.24, 2.45) is 5.92 Å². The van der Waals surface area contributed by atoms with Gasteiger partial charge >= 0.3 is 0 Å². The molecule has 0 amide bonds. The number of hydrogen-bond acceptors (Lipinski definition) is 5. The number of aromatic nitrogens is 2. The zero-order valence-corrected chi connectivity index (χ0v) is 12.1. The number of morpholine rings is 1. The van der Waals surface area contributed by atoms with Crippen LogP contribution in [0.2, 0.25) is 0 Å². The van der Waals surface area contributed by atoms with E-state index in [0.717, 1.165) is 32.1 Å². The normalized spacial score (nSPS) is 31.6. The summed E-state index contributed by atoms with van der Waals surface area (Å²) in [7, 11) is 1.83. The molecule has 3 atom stereocenters. The zero-order chi connectivity index (χ0) is 13.8. The summed E-state index contributed by atoms with van der Waals surface area (Å²) in [6.45, 7) is 3.36. The van der Waals surface area contributed by atoms with Crippen LogP contribution in [0.4, 0.5) is 0 Å². The molecule has 0 unspecified atom stereocenters. The summed E-state index contributed by atoms with van der Waals surface area (Å²) >= 11 is 0. The lowest BCUT2D eigenvalue weighted by atomic mass is 9.94. The van der Waals surface area contributed by atoms with Gasteiger partial charge in [-0.15, -0.1) is 0 Å². The Morgan fingerprint density at radius 1 is 1.35 bits per heavy atom. The van der Waals surface area contributed by atoms with Gasteiger partial charge in [-0.2, -0.15) is 0 Å². The van der Waals surface area contributed by atoms with Crippen molar-refractivity contribution in [1.82, 2.24) is 14.9 Å². The highest BCUT2D eigenvalue weighted by molar-refractivity contribution is 4.94. The standard InChI is InChI=1S/C15H23N3O2/c1-19-14-5-2-4-12(14)13-11-20-9-8-18(13)10-15-16-6-3-7-17-15/h3,6-7,12-14H,2,4-5,8-11H2,1H3/t12-,13+,14-/m1/s1. The Kier molecular flexibility index (Phi) is 4.60. The van der Waals surface area contributed by atoms with E-state index in [2.05, 4.69) is 14.9 Å². The first kappa shape index (κ1) is 13.9. The first-order valence-corrected chi connectivity index (χ1v) is 7.49.